The Morgan fingerprint density at radius 1 is 1.50 bits per heavy atom. The van der Waals surface area contributed by atoms with Gasteiger partial charge in [-0.15, -0.1) is 0 Å². The van der Waals surface area contributed by atoms with E-state index in [1.54, 1.807) is 6.07 Å². The number of ether oxygens (including phenoxy) is 2. The summed E-state index contributed by atoms with van der Waals surface area (Å²) in [6, 6.07) is 4.39. The van der Waals surface area contributed by atoms with Crippen LogP contribution in [0.1, 0.15) is 5.56 Å². The van der Waals surface area contributed by atoms with Gasteiger partial charge in [0.25, 0.3) is 5.69 Å². The van der Waals surface area contributed by atoms with Crippen LogP contribution in [0.25, 0.3) is 0 Å². The molecule has 0 amide bonds. The third-order valence-electron chi connectivity index (χ3n) is 1.99. The Morgan fingerprint density at radius 2 is 2.25 bits per heavy atom. The number of nitro benzene ring substituents is 1. The molecule has 0 aliphatic rings. The topological polar surface area (TPSA) is 87.6 Å². The second-order valence-electron chi connectivity index (χ2n) is 3.09. The summed E-state index contributed by atoms with van der Waals surface area (Å²) in [7, 11) is 1.51. The number of nitrogens with zero attached hydrogens (tertiary/aromatic N) is 1. The summed E-state index contributed by atoms with van der Waals surface area (Å²) in [5, 5.41) is 10.6. The summed E-state index contributed by atoms with van der Waals surface area (Å²) in [6.45, 7) is 1.07. The molecule has 0 atom stereocenters. The first-order chi connectivity index (χ1) is 7.69. The van der Waals surface area contributed by atoms with E-state index in [0.717, 1.165) is 0 Å². The van der Waals surface area contributed by atoms with Crippen molar-refractivity contribution in [3.63, 3.8) is 0 Å². The van der Waals surface area contributed by atoms with Crippen molar-refractivity contribution in [1.82, 2.24) is 0 Å². The van der Waals surface area contributed by atoms with E-state index in [9.17, 15) is 10.1 Å². The molecule has 0 spiro atoms. The van der Waals surface area contributed by atoms with Gasteiger partial charge in [0.2, 0.25) is 0 Å². The maximum Gasteiger partial charge on any atom is 0.270 e. The molecule has 6 nitrogen and oxygen atoms in total. The Kier molecular flexibility index (Phi) is 4.68. The fourth-order valence-corrected chi connectivity index (χ4v) is 1.26. The zero-order valence-corrected chi connectivity index (χ0v) is 9.01. The number of hydrogen-bond acceptors (Lipinski definition) is 5. The van der Waals surface area contributed by atoms with Crippen LogP contribution < -0.4 is 10.5 Å². The van der Waals surface area contributed by atoms with Gasteiger partial charge in [0, 0.05) is 24.2 Å². The van der Waals surface area contributed by atoms with Crippen LogP contribution in [0.5, 0.6) is 5.75 Å². The molecule has 0 aromatic heterocycles. The SMILES string of the molecule is COc1ccc([N+](=O)[O-])cc1COCCN. The van der Waals surface area contributed by atoms with Gasteiger partial charge in [0.05, 0.1) is 25.2 Å². The summed E-state index contributed by atoms with van der Waals surface area (Å²) in [5.41, 5.74) is 5.94. The van der Waals surface area contributed by atoms with E-state index in [-0.39, 0.29) is 12.3 Å². The molecule has 0 heterocycles. The van der Waals surface area contributed by atoms with Crippen molar-refractivity contribution in [3.05, 3.63) is 33.9 Å². The number of hydrogen-bond donors (Lipinski definition) is 1. The molecular formula is C10H14N2O4. The van der Waals surface area contributed by atoms with Gasteiger partial charge < -0.3 is 15.2 Å². The van der Waals surface area contributed by atoms with E-state index in [2.05, 4.69) is 0 Å². The zero-order valence-electron chi connectivity index (χ0n) is 9.01. The standard InChI is InChI=1S/C10H14N2O4/c1-15-10-3-2-9(12(13)14)6-8(10)7-16-5-4-11/h2-3,6H,4-5,7,11H2,1H3. The van der Waals surface area contributed by atoms with Gasteiger partial charge in [-0.1, -0.05) is 0 Å². The van der Waals surface area contributed by atoms with E-state index in [0.29, 0.717) is 24.5 Å². The summed E-state index contributed by atoms with van der Waals surface area (Å²) in [4.78, 5) is 10.1. The molecule has 0 fully saturated rings. The minimum atomic E-state index is -0.453. The van der Waals surface area contributed by atoms with E-state index in [1.165, 1.54) is 19.2 Å². The highest BCUT2D eigenvalue weighted by molar-refractivity contribution is 5.43. The average Bonchev–Trinajstić information content (AvgIpc) is 2.29. The number of rotatable bonds is 6. The lowest BCUT2D eigenvalue weighted by atomic mass is 10.2. The summed E-state index contributed by atoms with van der Waals surface area (Å²) in [6.07, 6.45) is 0. The maximum absolute atomic E-state index is 10.6. The summed E-state index contributed by atoms with van der Waals surface area (Å²) >= 11 is 0. The van der Waals surface area contributed by atoms with E-state index < -0.39 is 4.92 Å². The summed E-state index contributed by atoms with van der Waals surface area (Å²) < 4.78 is 10.3. The largest absolute Gasteiger partial charge is 0.496 e. The molecule has 0 saturated heterocycles. The van der Waals surface area contributed by atoms with Crippen molar-refractivity contribution in [2.24, 2.45) is 5.73 Å². The predicted molar refractivity (Wildman–Crippen MR) is 58.4 cm³/mol. The Hall–Kier alpha value is -1.66. The maximum atomic E-state index is 10.6. The first kappa shape index (κ1) is 12.4. The quantitative estimate of drug-likeness (QED) is 0.445. The first-order valence-corrected chi connectivity index (χ1v) is 4.78. The lowest BCUT2D eigenvalue weighted by Crippen LogP contribution is -2.08. The number of methoxy groups -OCH3 is 1. The summed E-state index contributed by atoms with van der Waals surface area (Å²) in [5.74, 6) is 0.572. The number of non-ortho nitro benzene ring substituents is 1. The highest BCUT2D eigenvalue weighted by Crippen LogP contribution is 2.24. The smallest absolute Gasteiger partial charge is 0.270 e. The first-order valence-electron chi connectivity index (χ1n) is 4.78. The normalized spacial score (nSPS) is 10.1. The van der Waals surface area contributed by atoms with Crippen molar-refractivity contribution < 1.29 is 14.4 Å². The van der Waals surface area contributed by atoms with Gasteiger partial charge in [0.1, 0.15) is 5.75 Å². The van der Waals surface area contributed by atoms with Crippen molar-refractivity contribution in [1.29, 1.82) is 0 Å². The Bertz CT molecular complexity index is 368. The van der Waals surface area contributed by atoms with Gasteiger partial charge in [-0.25, -0.2) is 0 Å². The van der Waals surface area contributed by atoms with E-state index in [1.807, 2.05) is 0 Å². The predicted octanol–water partition coefficient (Wildman–Crippen LogP) is 1.08. The van der Waals surface area contributed by atoms with Crippen molar-refractivity contribution in [2.45, 2.75) is 6.61 Å². The molecular weight excluding hydrogens is 212 g/mol. The minimum Gasteiger partial charge on any atom is -0.496 e. The van der Waals surface area contributed by atoms with Gasteiger partial charge in [-0.05, 0) is 6.07 Å². The highest BCUT2D eigenvalue weighted by Gasteiger charge is 2.11. The van der Waals surface area contributed by atoms with Crippen LogP contribution in [0, 0.1) is 10.1 Å². The Labute approximate surface area is 93.1 Å². The Balaban J connectivity index is 2.84. The number of benzene rings is 1. The molecule has 0 saturated carbocycles. The van der Waals surface area contributed by atoms with Crippen LogP contribution in [0.4, 0.5) is 5.69 Å². The fourth-order valence-electron chi connectivity index (χ4n) is 1.26. The number of nitrogens with two attached hydrogens (primary N) is 1. The van der Waals surface area contributed by atoms with Gasteiger partial charge in [-0.2, -0.15) is 0 Å². The highest BCUT2D eigenvalue weighted by atomic mass is 16.6. The third-order valence-corrected chi connectivity index (χ3v) is 1.99. The molecule has 1 rings (SSSR count). The second-order valence-corrected chi connectivity index (χ2v) is 3.09. The molecule has 1 aromatic carbocycles. The van der Waals surface area contributed by atoms with Crippen molar-refractivity contribution in [2.75, 3.05) is 20.3 Å². The molecule has 88 valence electrons. The van der Waals surface area contributed by atoms with E-state index in [4.69, 9.17) is 15.2 Å². The van der Waals surface area contributed by atoms with Gasteiger partial charge >= 0.3 is 0 Å². The lowest BCUT2D eigenvalue weighted by molar-refractivity contribution is -0.385. The average molecular weight is 226 g/mol. The Morgan fingerprint density at radius 3 is 2.81 bits per heavy atom. The van der Waals surface area contributed by atoms with E-state index >= 15 is 0 Å². The van der Waals surface area contributed by atoms with Crippen molar-refractivity contribution in [3.8, 4) is 5.75 Å². The fraction of sp³-hybridized carbons (Fsp3) is 0.400. The van der Waals surface area contributed by atoms with Crippen LogP contribution in [0.15, 0.2) is 18.2 Å². The molecule has 0 unspecified atom stereocenters. The molecule has 2 N–H and O–H groups in total. The molecule has 1 aromatic rings. The van der Waals surface area contributed by atoms with Crippen molar-refractivity contribution >= 4 is 5.69 Å². The zero-order chi connectivity index (χ0) is 12.0. The van der Waals surface area contributed by atoms with Crippen LogP contribution in [0.3, 0.4) is 0 Å². The molecule has 0 aliphatic carbocycles. The lowest BCUT2D eigenvalue weighted by Gasteiger charge is -2.08. The van der Waals surface area contributed by atoms with Gasteiger partial charge in [-0.3, -0.25) is 10.1 Å². The van der Waals surface area contributed by atoms with Gasteiger partial charge in [0.15, 0.2) is 0 Å². The molecule has 0 bridgehead atoms. The second kappa shape index (κ2) is 6.04. The molecule has 0 radical (unpaired) electrons. The molecule has 6 heteroatoms. The van der Waals surface area contributed by atoms with Crippen LogP contribution in [-0.4, -0.2) is 25.2 Å². The monoisotopic (exact) mass is 226 g/mol. The molecule has 0 aliphatic heterocycles. The van der Waals surface area contributed by atoms with Crippen LogP contribution in [0.2, 0.25) is 0 Å². The number of nitro groups is 1. The minimum absolute atomic E-state index is 0.0205. The molecule has 16 heavy (non-hydrogen) atoms. The van der Waals surface area contributed by atoms with Crippen LogP contribution >= 0.6 is 0 Å². The van der Waals surface area contributed by atoms with Crippen LogP contribution in [-0.2, 0) is 11.3 Å². The third kappa shape index (κ3) is 3.18.